The fourth-order valence-corrected chi connectivity index (χ4v) is 2.41. The quantitative estimate of drug-likeness (QED) is 0.738. The van der Waals surface area contributed by atoms with Crippen molar-refractivity contribution in [3.63, 3.8) is 0 Å². The Morgan fingerprint density at radius 1 is 1.00 bits per heavy atom. The van der Waals surface area contributed by atoms with Crippen molar-refractivity contribution in [1.29, 1.82) is 0 Å². The molecule has 0 aliphatic carbocycles. The monoisotopic (exact) mass is 305 g/mol. The molecule has 2 aromatic carbocycles. The zero-order valence-electron chi connectivity index (χ0n) is 10.2. The van der Waals surface area contributed by atoms with Crippen LogP contribution in [0.15, 0.2) is 42.5 Å². The van der Waals surface area contributed by atoms with Gasteiger partial charge in [0.1, 0.15) is 0 Å². The molecule has 20 heavy (non-hydrogen) atoms. The zero-order chi connectivity index (χ0) is 14.1. The van der Waals surface area contributed by atoms with Crippen molar-refractivity contribution in [3.05, 3.63) is 52.5 Å². The maximum atomic E-state index is 6.01. The van der Waals surface area contributed by atoms with Crippen LogP contribution < -0.4 is 5.73 Å². The highest BCUT2D eigenvalue weighted by atomic mass is 35.5. The summed E-state index contributed by atoms with van der Waals surface area (Å²) in [6.07, 6.45) is 0. The van der Waals surface area contributed by atoms with Gasteiger partial charge in [0.15, 0.2) is 5.82 Å². The van der Waals surface area contributed by atoms with Crippen LogP contribution in [0, 0.1) is 0 Å². The van der Waals surface area contributed by atoms with Crippen molar-refractivity contribution in [3.8, 4) is 17.1 Å². The second-order valence-electron chi connectivity index (χ2n) is 4.13. The van der Waals surface area contributed by atoms with E-state index in [4.69, 9.17) is 28.9 Å². The molecule has 0 spiro atoms. The molecule has 1 aromatic heterocycles. The van der Waals surface area contributed by atoms with E-state index in [9.17, 15) is 0 Å². The van der Waals surface area contributed by atoms with E-state index in [1.54, 1.807) is 28.9 Å². The van der Waals surface area contributed by atoms with E-state index in [0.29, 0.717) is 27.2 Å². The Kier molecular flexibility index (Phi) is 3.30. The van der Waals surface area contributed by atoms with E-state index < -0.39 is 0 Å². The summed E-state index contributed by atoms with van der Waals surface area (Å²) in [6, 6.07) is 12.5. The summed E-state index contributed by atoms with van der Waals surface area (Å²) in [6.45, 7) is 0. The fraction of sp³-hybridized carbons (Fsp3) is 0. The number of nitrogens with two attached hydrogens (primary N) is 1. The summed E-state index contributed by atoms with van der Waals surface area (Å²) in [5.74, 6) is 0.529. The number of benzene rings is 2. The van der Waals surface area contributed by atoms with Crippen molar-refractivity contribution in [2.45, 2.75) is 0 Å². The summed E-state index contributed by atoms with van der Waals surface area (Å²) in [7, 11) is 0. The molecule has 0 fully saturated rings. The number of nitrogens with zero attached hydrogens (tertiary/aromatic N) is 4. The lowest BCUT2D eigenvalue weighted by Crippen LogP contribution is -2.01. The van der Waals surface area contributed by atoms with E-state index in [-0.39, 0.29) is 0 Å². The number of hydrogen-bond donors (Lipinski definition) is 1. The van der Waals surface area contributed by atoms with Crippen molar-refractivity contribution in [2.24, 2.45) is 0 Å². The van der Waals surface area contributed by atoms with E-state index in [1.165, 1.54) is 0 Å². The standard InChI is InChI=1S/C13H9Cl2N5/c14-8-5-9(15)7-10(6-8)20-13(17-18-19-20)11-3-1-2-4-12(11)16/h1-7H,16H2. The number of halogens is 2. The minimum atomic E-state index is 0.509. The van der Waals surface area contributed by atoms with E-state index >= 15 is 0 Å². The summed E-state index contributed by atoms with van der Waals surface area (Å²) in [5.41, 5.74) is 7.97. The van der Waals surface area contributed by atoms with Gasteiger partial charge in [-0.15, -0.1) is 5.10 Å². The first-order valence-corrected chi connectivity index (χ1v) is 6.50. The van der Waals surface area contributed by atoms with Crippen LogP contribution in [0.25, 0.3) is 17.1 Å². The number of nitrogen functional groups attached to an aromatic ring is 1. The molecule has 0 amide bonds. The normalized spacial score (nSPS) is 10.7. The van der Waals surface area contributed by atoms with E-state index in [1.807, 2.05) is 18.2 Å². The highest BCUT2D eigenvalue weighted by Crippen LogP contribution is 2.27. The first-order chi connectivity index (χ1) is 9.65. The summed E-state index contributed by atoms with van der Waals surface area (Å²) in [5, 5.41) is 12.7. The van der Waals surface area contributed by atoms with Gasteiger partial charge in [-0.1, -0.05) is 35.3 Å². The summed E-state index contributed by atoms with van der Waals surface area (Å²) in [4.78, 5) is 0. The van der Waals surface area contributed by atoms with E-state index in [0.717, 1.165) is 5.56 Å². The minimum absolute atomic E-state index is 0.509. The molecule has 2 N–H and O–H groups in total. The number of para-hydroxylation sites is 1. The maximum absolute atomic E-state index is 6.01. The van der Waals surface area contributed by atoms with Crippen LogP contribution >= 0.6 is 23.2 Å². The predicted octanol–water partition coefficient (Wildman–Crippen LogP) is 3.22. The molecule has 0 aliphatic heterocycles. The van der Waals surface area contributed by atoms with Gasteiger partial charge in [0, 0.05) is 21.3 Å². The third-order valence-electron chi connectivity index (χ3n) is 2.76. The third kappa shape index (κ3) is 2.33. The lowest BCUT2D eigenvalue weighted by molar-refractivity contribution is 0.791. The molecule has 1 heterocycles. The number of aromatic nitrogens is 4. The van der Waals surface area contributed by atoms with Crippen LogP contribution in [0.1, 0.15) is 0 Å². The molecule has 0 saturated carbocycles. The largest absolute Gasteiger partial charge is 0.398 e. The van der Waals surface area contributed by atoms with Crippen molar-refractivity contribution < 1.29 is 0 Å². The Bertz CT molecular complexity index is 749. The molecule has 0 atom stereocenters. The molecule has 0 radical (unpaired) electrons. The molecule has 3 rings (SSSR count). The summed E-state index contributed by atoms with van der Waals surface area (Å²) >= 11 is 12.0. The Morgan fingerprint density at radius 2 is 1.70 bits per heavy atom. The van der Waals surface area contributed by atoms with Crippen molar-refractivity contribution in [2.75, 3.05) is 5.73 Å². The maximum Gasteiger partial charge on any atom is 0.189 e. The molecular weight excluding hydrogens is 297 g/mol. The highest BCUT2D eigenvalue weighted by molar-refractivity contribution is 6.34. The first-order valence-electron chi connectivity index (χ1n) is 5.75. The number of tetrazole rings is 1. The fourth-order valence-electron chi connectivity index (χ4n) is 1.89. The number of hydrogen-bond acceptors (Lipinski definition) is 4. The van der Waals surface area contributed by atoms with Gasteiger partial charge >= 0.3 is 0 Å². The molecule has 7 heteroatoms. The van der Waals surface area contributed by atoms with Gasteiger partial charge in [0.25, 0.3) is 0 Å². The van der Waals surface area contributed by atoms with Crippen LogP contribution in [0.2, 0.25) is 10.0 Å². The van der Waals surface area contributed by atoms with Crippen LogP contribution in [-0.4, -0.2) is 20.2 Å². The van der Waals surface area contributed by atoms with Crippen LogP contribution in [0.4, 0.5) is 5.69 Å². The van der Waals surface area contributed by atoms with Crippen LogP contribution in [0.5, 0.6) is 0 Å². The Labute approximate surface area is 124 Å². The third-order valence-corrected chi connectivity index (χ3v) is 3.20. The van der Waals surface area contributed by atoms with Gasteiger partial charge < -0.3 is 5.73 Å². The van der Waals surface area contributed by atoms with Gasteiger partial charge in [0.05, 0.1) is 5.69 Å². The average molecular weight is 306 g/mol. The molecule has 3 aromatic rings. The molecule has 100 valence electrons. The molecular formula is C13H9Cl2N5. The van der Waals surface area contributed by atoms with Gasteiger partial charge in [-0.3, -0.25) is 0 Å². The SMILES string of the molecule is Nc1ccccc1-c1nnnn1-c1cc(Cl)cc(Cl)c1. The molecule has 5 nitrogen and oxygen atoms in total. The average Bonchev–Trinajstić information content (AvgIpc) is 2.87. The van der Waals surface area contributed by atoms with Crippen molar-refractivity contribution in [1.82, 2.24) is 20.2 Å². The topological polar surface area (TPSA) is 69.6 Å². The lowest BCUT2D eigenvalue weighted by atomic mass is 10.1. The Hall–Kier alpha value is -2.11. The van der Waals surface area contributed by atoms with Gasteiger partial charge in [0.2, 0.25) is 0 Å². The molecule has 0 saturated heterocycles. The van der Waals surface area contributed by atoms with Gasteiger partial charge in [-0.25, -0.2) is 0 Å². The lowest BCUT2D eigenvalue weighted by Gasteiger charge is -2.07. The van der Waals surface area contributed by atoms with Gasteiger partial charge in [-0.05, 0) is 40.8 Å². The zero-order valence-corrected chi connectivity index (χ0v) is 11.7. The molecule has 0 bridgehead atoms. The second kappa shape index (κ2) is 5.11. The Balaban J connectivity index is 2.18. The van der Waals surface area contributed by atoms with E-state index in [2.05, 4.69) is 15.5 Å². The number of rotatable bonds is 2. The van der Waals surface area contributed by atoms with Crippen molar-refractivity contribution >= 4 is 28.9 Å². The second-order valence-corrected chi connectivity index (χ2v) is 5.00. The predicted molar refractivity (Wildman–Crippen MR) is 79.0 cm³/mol. The summed E-state index contributed by atoms with van der Waals surface area (Å²) < 4.78 is 1.55. The highest BCUT2D eigenvalue weighted by Gasteiger charge is 2.13. The molecule has 0 unspecified atom stereocenters. The number of anilines is 1. The van der Waals surface area contributed by atoms with Crippen LogP contribution in [0.3, 0.4) is 0 Å². The van der Waals surface area contributed by atoms with Gasteiger partial charge in [-0.2, -0.15) is 4.68 Å². The minimum Gasteiger partial charge on any atom is -0.398 e. The smallest absolute Gasteiger partial charge is 0.189 e. The van der Waals surface area contributed by atoms with Crippen LogP contribution in [-0.2, 0) is 0 Å². The first kappa shape index (κ1) is 12.9. The Morgan fingerprint density at radius 3 is 2.40 bits per heavy atom. The molecule has 0 aliphatic rings.